The predicted octanol–water partition coefficient (Wildman–Crippen LogP) is 2.35. The van der Waals surface area contributed by atoms with Crippen molar-refractivity contribution in [2.24, 2.45) is 0 Å². The van der Waals surface area contributed by atoms with E-state index >= 15 is 0 Å². The van der Waals surface area contributed by atoms with E-state index in [0.717, 1.165) is 24.8 Å². The largest absolute Gasteiger partial charge is 0.213 e. The van der Waals surface area contributed by atoms with E-state index in [1.165, 1.54) is 22.7 Å². The molecule has 100 valence electrons. The van der Waals surface area contributed by atoms with Gasteiger partial charge in [0.1, 0.15) is 5.82 Å². The van der Waals surface area contributed by atoms with Crippen molar-refractivity contribution < 1.29 is 12.8 Å². The highest BCUT2D eigenvalue weighted by atomic mass is 32.2. The molecule has 0 amide bonds. The van der Waals surface area contributed by atoms with E-state index in [9.17, 15) is 12.8 Å². The van der Waals surface area contributed by atoms with E-state index in [0.29, 0.717) is 13.1 Å². The first-order valence-electron chi connectivity index (χ1n) is 6.17. The average Bonchev–Trinajstić information content (AvgIpc) is 2.55. The van der Waals surface area contributed by atoms with Crippen LogP contribution in [0, 0.1) is 5.82 Å². The van der Waals surface area contributed by atoms with Crippen molar-refractivity contribution in [2.75, 3.05) is 19.3 Å². The fourth-order valence-corrected chi connectivity index (χ4v) is 3.33. The summed E-state index contributed by atoms with van der Waals surface area (Å²) in [5, 5.41) is 0. The second-order valence-electron chi connectivity index (χ2n) is 4.87. The topological polar surface area (TPSA) is 37.4 Å². The van der Waals surface area contributed by atoms with Crippen molar-refractivity contribution in [1.82, 2.24) is 4.31 Å². The Kier molecular flexibility index (Phi) is 4.02. The standard InChI is InChI=1S/C13H18FNO2S/c1-18(16,17)15-9-3-2-4-12(10-15)11-5-7-13(14)8-6-11/h5-8,12H,2-4,9-10H2,1H3/t12-/m1/s1. The lowest BCUT2D eigenvalue weighted by Crippen LogP contribution is -2.33. The summed E-state index contributed by atoms with van der Waals surface area (Å²) in [6.07, 6.45) is 4.11. The molecule has 2 rings (SSSR count). The van der Waals surface area contributed by atoms with Crippen molar-refractivity contribution in [3.63, 3.8) is 0 Å². The molecule has 0 spiro atoms. The van der Waals surface area contributed by atoms with E-state index in [1.54, 1.807) is 12.1 Å². The lowest BCUT2D eigenvalue weighted by atomic mass is 9.95. The van der Waals surface area contributed by atoms with Crippen LogP contribution >= 0.6 is 0 Å². The third-order valence-electron chi connectivity index (χ3n) is 3.44. The van der Waals surface area contributed by atoms with Crippen molar-refractivity contribution in [3.8, 4) is 0 Å². The Bertz CT molecular complexity index is 498. The highest BCUT2D eigenvalue weighted by molar-refractivity contribution is 7.88. The van der Waals surface area contributed by atoms with E-state index in [2.05, 4.69) is 0 Å². The fraction of sp³-hybridized carbons (Fsp3) is 0.538. The van der Waals surface area contributed by atoms with Crippen LogP contribution in [-0.4, -0.2) is 32.1 Å². The Morgan fingerprint density at radius 1 is 1.22 bits per heavy atom. The summed E-state index contributed by atoms with van der Waals surface area (Å²) in [6.45, 7) is 1.10. The molecule has 1 heterocycles. The minimum absolute atomic E-state index is 0.169. The van der Waals surface area contributed by atoms with Gasteiger partial charge in [-0.2, -0.15) is 0 Å². The van der Waals surface area contributed by atoms with Crippen LogP contribution in [0.25, 0.3) is 0 Å². The zero-order chi connectivity index (χ0) is 13.2. The van der Waals surface area contributed by atoms with Crippen LogP contribution in [0.15, 0.2) is 24.3 Å². The lowest BCUT2D eigenvalue weighted by Gasteiger charge is -2.22. The summed E-state index contributed by atoms with van der Waals surface area (Å²) in [5.74, 6) is -0.0878. The van der Waals surface area contributed by atoms with Gasteiger partial charge in [-0.3, -0.25) is 0 Å². The van der Waals surface area contributed by atoms with Gasteiger partial charge in [0.15, 0.2) is 0 Å². The third-order valence-corrected chi connectivity index (χ3v) is 4.71. The molecule has 3 nitrogen and oxygen atoms in total. The summed E-state index contributed by atoms with van der Waals surface area (Å²) in [5.41, 5.74) is 1.02. The Balaban J connectivity index is 2.19. The summed E-state index contributed by atoms with van der Waals surface area (Å²) >= 11 is 0. The van der Waals surface area contributed by atoms with Gasteiger partial charge in [0.25, 0.3) is 0 Å². The quantitative estimate of drug-likeness (QED) is 0.828. The number of rotatable bonds is 2. The smallest absolute Gasteiger partial charge is 0.211 e. The Labute approximate surface area is 108 Å². The molecule has 0 radical (unpaired) electrons. The van der Waals surface area contributed by atoms with Gasteiger partial charge in [-0.25, -0.2) is 17.1 Å². The Hall–Kier alpha value is -0.940. The minimum atomic E-state index is -3.14. The highest BCUT2D eigenvalue weighted by Crippen LogP contribution is 2.27. The van der Waals surface area contributed by atoms with Crippen molar-refractivity contribution in [1.29, 1.82) is 0 Å². The second-order valence-corrected chi connectivity index (χ2v) is 6.85. The summed E-state index contributed by atoms with van der Waals surface area (Å²) in [7, 11) is -3.14. The van der Waals surface area contributed by atoms with Crippen molar-refractivity contribution >= 4 is 10.0 Å². The van der Waals surface area contributed by atoms with E-state index < -0.39 is 10.0 Å². The first-order chi connectivity index (χ1) is 8.47. The summed E-state index contributed by atoms with van der Waals surface area (Å²) < 4.78 is 37.7. The SMILES string of the molecule is CS(=O)(=O)N1CCCC[C@@H](c2ccc(F)cc2)C1. The maximum atomic E-state index is 12.9. The molecule has 1 aliphatic rings. The number of benzene rings is 1. The van der Waals surface area contributed by atoms with Gasteiger partial charge < -0.3 is 0 Å². The molecule has 0 aromatic heterocycles. The zero-order valence-electron chi connectivity index (χ0n) is 10.5. The van der Waals surface area contributed by atoms with Gasteiger partial charge in [-0.05, 0) is 36.5 Å². The van der Waals surface area contributed by atoms with Crippen LogP contribution in [0.3, 0.4) is 0 Å². The third kappa shape index (κ3) is 3.29. The molecule has 1 aromatic rings. The molecule has 1 fully saturated rings. The maximum absolute atomic E-state index is 12.9. The van der Waals surface area contributed by atoms with Crippen molar-refractivity contribution in [2.45, 2.75) is 25.2 Å². The van der Waals surface area contributed by atoms with Crippen LogP contribution in [-0.2, 0) is 10.0 Å². The molecular formula is C13H18FNO2S. The van der Waals surface area contributed by atoms with Gasteiger partial charge in [0.2, 0.25) is 10.0 Å². The number of sulfonamides is 1. The molecule has 1 aliphatic heterocycles. The zero-order valence-corrected chi connectivity index (χ0v) is 11.3. The van der Waals surface area contributed by atoms with Gasteiger partial charge in [0, 0.05) is 13.1 Å². The van der Waals surface area contributed by atoms with Crippen molar-refractivity contribution in [3.05, 3.63) is 35.6 Å². The fourth-order valence-electron chi connectivity index (χ4n) is 2.42. The lowest BCUT2D eigenvalue weighted by molar-refractivity contribution is 0.410. The normalized spacial score (nSPS) is 22.7. The van der Waals surface area contributed by atoms with Gasteiger partial charge in [-0.15, -0.1) is 0 Å². The number of hydrogen-bond acceptors (Lipinski definition) is 2. The molecule has 18 heavy (non-hydrogen) atoms. The van der Waals surface area contributed by atoms with Gasteiger partial charge in [0.05, 0.1) is 6.26 Å². The molecule has 5 heteroatoms. The summed E-state index contributed by atoms with van der Waals surface area (Å²) in [6, 6.07) is 6.38. The van der Waals surface area contributed by atoms with Crippen LogP contribution in [0.2, 0.25) is 0 Å². The Morgan fingerprint density at radius 3 is 2.50 bits per heavy atom. The number of halogens is 1. The number of hydrogen-bond donors (Lipinski definition) is 0. The van der Waals surface area contributed by atoms with Crippen LogP contribution in [0.5, 0.6) is 0 Å². The molecule has 0 N–H and O–H groups in total. The molecule has 1 aromatic carbocycles. The first-order valence-corrected chi connectivity index (χ1v) is 8.02. The molecule has 0 unspecified atom stereocenters. The highest BCUT2D eigenvalue weighted by Gasteiger charge is 2.25. The first kappa shape index (κ1) is 13.5. The minimum Gasteiger partial charge on any atom is -0.213 e. The van der Waals surface area contributed by atoms with Gasteiger partial charge in [-0.1, -0.05) is 18.6 Å². The monoisotopic (exact) mass is 271 g/mol. The van der Waals surface area contributed by atoms with Crippen LogP contribution in [0.1, 0.15) is 30.7 Å². The maximum Gasteiger partial charge on any atom is 0.211 e. The molecule has 0 aliphatic carbocycles. The van der Waals surface area contributed by atoms with E-state index in [4.69, 9.17) is 0 Å². The van der Waals surface area contributed by atoms with E-state index in [1.807, 2.05) is 0 Å². The van der Waals surface area contributed by atoms with Gasteiger partial charge >= 0.3 is 0 Å². The molecular weight excluding hydrogens is 253 g/mol. The number of nitrogens with zero attached hydrogens (tertiary/aromatic N) is 1. The Morgan fingerprint density at radius 2 is 1.89 bits per heavy atom. The van der Waals surface area contributed by atoms with E-state index in [-0.39, 0.29) is 11.7 Å². The second kappa shape index (κ2) is 5.36. The molecule has 0 bridgehead atoms. The molecule has 1 atom stereocenters. The molecule has 0 saturated carbocycles. The van der Waals surface area contributed by atoms with Crippen LogP contribution < -0.4 is 0 Å². The predicted molar refractivity (Wildman–Crippen MR) is 69.4 cm³/mol. The summed E-state index contributed by atoms with van der Waals surface area (Å²) in [4.78, 5) is 0. The molecule has 1 saturated heterocycles. The van der Waals surface area contributed by atoms with Crippen LogP contribution in [0.4, 0.5) is 4.39 Å². The average molecular weight is 271 g/mol.